The van der Waals surface area contributed by atoms with Gasteiger partial charge in [-0.1, -0.05) is 6.42 Å². The van der Waals surface area contributed by atoms with Crippen molar-refractivity contribution in [3.8, 4) is 6.01 Å². The minimum Gasteiger partial charge on any atom is -0.467 e. The van der Waals surface area contributed by atoms with Gasteiger partial charge in [-0.2, -0.15) is 0 Å². The fraction of sp³-hybridized carbons (Fsp3) is 0.667. The molecule has 2 unspecified atom stereocenters. The lowest BCUT2D eigenvalue weighted by Gasteiger charge is -2.46. The first-order chi connectivity index (χ1) is 9.69. The van der Waals surface area contributed by atoms with Crippen LogP contribution in [0.5, 0.6) is 6.01 Å². The molecule has 0 aliphatic carbocycles. The average Bonchev–Trinajstić information content (AvgIpc) is 2.46. The summed E-state index contributed by atoms with van der Waals surface area (Å²) in [7, 11) is 3.72. The Hall–Kier alpha value is -1.49. The molecule has 0 aromatic carbocycles. The summed E-state index contributed by atoms with van der Waals surface area (Å²) in [5, 5.41) is 0. The van der Waals surface area contributed by atoms with Crippen LogP contribution >= 0.6 is 0 Å². The van der Waals surface area contributed by atoms with Crippen LogP contribution in [0.4, 0.5) is 0 Å². The number of rotatable bonds is 3. The Morgan fingerprint density at radius 3 is 2.40 bits per heavy atom. The molecule has 3 rings (SSSR count). The number of ether oxygens (including phenoxy) is 1. The molecule has 1 aromatic rings. The Balaban J connectivity index is 1.74. The van der Waals surface area contributed by atoms with Crippen LogP contribution in [0.2, 0.25) is 0 Å². The second-order valence-corrected chi connectivity index (χ2v) is 5.90. The number of fused-ring (bicyclic) bond motifs is 2. The summed E-state index contributed by atoms with van der Waals surface area (Å²) in [5.41, 5.74) is 0.610. The first kappa shape index (κ1) is 13.5. The van der Waals surface area contributed by atoms with Gasteiger partial charge in [-0.05, 0) is 32.7 Å². The summed E-state index contributed by atoms with van der Waals surface area (Å²) in [6.07, 6.45) is 8.85. The fourth-order valence-electron chi connectivity index (χ4n) is 3.61. The van der Waals surface area contributed by atoms with E-state index in [4.69, 9.17) is 4.74 Å². The Bertz CT molecular complexity index is 474. The van der Waals surface area contributed by atoms with Crippen LogP contribution in [-0.4, -0.2) is 46.9 Å². The third kappa shape index (κ3) is 2.42. The highest BCUT2D eigenvalue weighted by Crippen LogP contribution is 2.37. The Morgan fingerprint density at radius 1 is 1.25 bits per heavy atom. The van der Waals surface area contributed by atoms with Crippen LogP contribution in [0.25, 0.3) is 0 Å². The van der Waals surface area contributed by atoms with Crippen LogP contribution in [0.1, 0.15) is 42.5 Å². The molecule has 2 bridgehead atoms. The van der Waals surface area contributed by atoms with Crippen LogP contribution < -0.4 is 4.74 Å². The van der Waals surface area contributed by atoms with E-state index >= 15 is 0 Å². The molecule has 2 fully saturated rings. The zero-order valence-electron chi connectivity index (χ0n) is 12.1. The molecular weight excluding hydrogens is 254 g/mol. The van der Waals surface area contributed by atoms with E-state index in [1.807, 2.05) is 0 Å². The number of carbonyl (C=O) groups excluding carboxylic acids is 1. The predicted molar refractivity (Wildman–Crippen MR) is 74.8 cm³/mol. The van der Waals surface area contributed by atoms with Crippen molar-refractivity contribution in [2.45, 2.75) is 44.2 Å². The molecule has 0 N–H and O–H groups in total. The van der Waals surface area contributed by atoms with E-state index in [9.17, 15) is 4.79 Å². The molecule has 0 saturated carbocycles. The van der Waals surface area contributed by atoms with E-state index in [2.05, 4.69) is 21.9 Å². The average molecular weight is 275 g/mol. The largest absolute Gasteiger partial charge is 0.467 e. The van der Waals surface area contributed by atoms with Gasteiger partial charge in [-0.15, -0.1) is 0 Å². The molecular formula is C15H21N3O2. The van der Waals surface area contributed by atoms with Crippen molar-refractivity contribution in [3.63, 3.8) is 0 Å². The van der Waals surface area contributed by atoms with E-state index < -0.39 is 0 Å². The van der Waals surface area contributed by atoms with E-state index in [1.54, 1.807) is 12.4 Å². The Labute approximate surface area is 119 Å². The molecule has 0 amide bonds. The lowest BCUT2D eigenvalue weighted by Crippen LogP contribution is -2.51. The van der Waals surface area contributed by atoms with Gasteiger partial charge in [0.1, 0.15) is 0 Å². The summed E-state index contributed by atoms with van der Waals surface area (Å²) in [6.45, 7) is 0. The summed E-state index contributed by atoms with van der Waals surface area (Å²) in [6, 6.07) is 1.44. The minimum absolute atomic E-state index is 0.124. The van der Waals surface area contributed by atoms with Gasteiger partial charge < -0.3 is 9.64 Å². The maximum Gasteiger partial charge on any atom is 0.316 e. The number of piperidine rings is 2. The van der Waals surface area contributed by atoms with Crippen LogP contribution in [0.15, 0.2) is 12.4 Å². The molecule has 2 aliphatic rings. The molecule has 108 valence electrons. The number of aromatic nitrogens is 2. The van der Waals surface area contributed by atoms with Crippen molar-refractivity contribution in [3.05, 3.63) is 18.0 Å². The standard InChI is InChI=1S/C15H21N3O2/c1-18-12-4-3-5-13(18)7-10(6-12)14(19)11-8-16-15(20-2)17-9-11/h8-10,12-13H,3-7H2,1-2H3. The van der Waals surface area contributed by atoms with Crippen LogP contribution in [-0.2, 0) is 0 Å². The molecule has 2 aliphatic heterocycles. The summed E-state index contributed by atoms with van der Waals surface area (Å²) < 4.78 is 4.93. The van der Waals surface area contributed by atoms with Crippen LogP contribution in [0.3, 0.4) is 0 Å². The lowest BCUT2D eigenvalue weighted by molar-refractivity contribution is 0.0338. The first-order valence-electron chi connectivity index (χ1n) is 7.31. The van der Waals surface area contributed by atoms with Crippen molar-refractivity contribution in [2.24, 2.45) is 5.92 Å². The predicted octanol–water partition coefficient (Wildman–Crippen LogP) is 1.93. The van der Waals surface area contributed by atoms with E-state index in [0.717, 1.165) is 12.8 Å². The maximum atomic E-state index is 12.6. The zero-order chi connectivity index (χ0) is 14.1. The van der Waals surface area contributed by atoms with Crippen molar-refractivity contribution in [1.29, 1.82) is 0 Å². The summed E-state index contributed by atoms with van der Waals surface area (Å²) in [5.74, 6) is 0.316. The number of carbonyl (C=O) groups is 1. The molecule has 5 nitrogen and oxygen atoms in total. The minimum atomic E-state index is 0.124. The third-order valence-electron chi connectivity index (χ3n) is 4.81. The number of ketones is 1. The maximum absolute atomic E-state index is 12.6. The summed E-state index contributed by atoms with van der Waals surface area (Å²) in [4.78, 5) is 23.1. The normalized spacial score (nSPS) is 30.0. The first-order valence-corrected chi connectivity index (χ1v) is 7.31. The van der Waals surface area contributed by atoms with Gasteiger partial charge in [0, 0.05) is 30.4 Å². The smallest absolute Gasteiger partial charge is 0.316 e. The molecule has 2 saturated heterocycles. The number of Topliss-reactive ketones (excluding diaryl/α,β-unsaturated/α-hetero) is 1. The third-order valence-corrected chi connectivity index (χ3v) is 4.81. The van der Waals surface area contributed by atoms with Gasteiger partial charge in [0.25, 0.3) is 0 Å². The van der Waals surface area contributed by atoms with Gasteiger partial charge in [0.05, 0.1) is 12.7 Å². The van der Waals surface area contributed by atoms with E-state index in [1.165, 1.54) is 26.4 Å². The molecule has 3 heterocycles. The molecule has 0 radical (unpaired) electrons. The monoisotopic (exact) mass is 275 g/mol. The SMILES string of the molecule is COc1ncc(C(=O)C2CC3CCCC(C2)N3C)cn1. The summed E-state index contributed by atoms with van der Waals surface area (Å²) >= 11 is 0. The van der Waals surface area contributed by atoms with Crippen molar-refractivity contribution in [1.82, 2.24) is 14.9 Å². The Kier molecular flexibility index (Phi) is 3.70. The van der Waals surface area contributed by atoms with Gasteiger partial charge in [-0.3, -0.25) is 4.79 Å². The highest BCUT2D eigenvalue weighted by atomic mass is 16.5. The number of hydrogen-bond donors (Lipinski definition) is 0. The highest BCUT2D eigenvalue weighted by molar-refractivity contribution is 5.97. The molecule has 2 atom stereocenters. The highest BCUT2D eigenvalue weighted by Gasteiger charge is 2.38. The second kappa shape index (κ2) is 5.48. The van der Waals surface area contributed by atoms with Crippen LogP contribution in [0, 0.1) is 5.92 Å². The zero-order valence-corrected chi connectivity index (χ0v) is 12.1. The van der Waals surface area contributed by atoms with E-state index in [-0.39, 0.29) is 11.7 Å². The lowest BCUT2D eigenvalue weighted by atomic mass is 9.76. The van der Waals surface area contributed by atoms with E-state index in [0.29, 0.717) is 23.7 Å². The van der Waals surface area contributed by atoms with Gasteiger partial charge in [0.15, 0.2) is 5.78 Å². The number of hydrogen-bond acceptors (Lipinski definition) is 5. The Morgan fingerprint density at radius 2 is 1.85 bits per heavy atom. The quantitative estimate of drug-likeness (QED) is 0.789. The topological polar surface area (TPSA) is 55.3 Å². The molecule has 0 spiro atoms. The van der Waals surface area contributed by atoms with Crippen molar-refractivity contribution < 1.29 is 9.53 Å². The molecule has 20 heavy (non-hydrogen) atoms. The van der Waals surface area contributed by atoms with Gasteiger partial charge in [0.2, 0.25) is 0 Å². The molecule has 1 aromatic heterocycles. The second-order valence-electron chi connectivity index (χ2n) is 5.90. The van der Waals surface area contributed by atoms with Gasteiger partial charge in [-0.25, -0.2) is 9.97 Å². The number of nitrogens with zero attached hydrogens (tertiary/aromatic N) is 3. The fourth-order valence-corrected chi connectivity index (χ4v) is 3.61. The molecule has 5 heteroatoms. The van der Waals surface area contributed by atoms with Gasteiger partial charge >= 0.3 is 6.01 Å². The van der Waals surface area contributed by atoms with Crippen molar-refractivity contribution in [2.75, 3.05) is 14.2 Å². The number of methoxy groups -OCH3 is 1. The van der Waals surface area contributed by atoms with Crippen molar-refractivity contribution >= 4 is 5.78 Å².